The number of hydrogen-bond donors (Lipinski definition) is 1. The lowest BCUT2D eigenvalue weighted by Crippen LogP contribution is -2.20. The molecule has 0 heterocycles. The van der Waals surface area contributed by atoms with Gasteiger partial charge >= 0.3 is 0 Å². The van der Waals surface area contributed by atoms with Gasteiger partial charge in [0.25, 0.3) is 0 Å². The van der Waals surface area contributed by atoms with E-state index >= 15 is 0 Å². The summed E-state index contributed by atoms with van der Waals surface area (Å²) in [5.74, 6) is 1.18. The van der Waals surface area contributed by atoms with Crippen molar-refractivity contribution < 1.29 is 14.3 Å². The standard InChI is InChI=1S/C15H19NO3/c1-4-10-16-15(17)9-7-12-6-8-13(19-5-2)14(11-12)18-3/h4,6-9,11H,1,5,10H2,2-3H3,(H,16,17). The number of hydrogen-bond acceptors (Lipinski definition) is 3. The topological polar surface area (TPSA) is 47.6 Å². The molecule has 4 heteroatoms. The van der Waals surface area contributed by atoms with Crippen LogP contribution in [0, 0.1) is 0 Å². The molecule has 0 saturated heterocycles. The van der Waals surface area contributed by atoms with Crippen molar-refractivity contribution in [3.63, 3.8) is 0 Å². The quantitative estimate of drug-likeness (QED) is 0.605. The van der Waals surface area contributed by atoms with E-state index in [4.69, 9.17) is 9.47 Å². The van der Waals surface area contributed by atoms with Gasteiger partial charge in [0.1, 0.15) is 0 Å². The zero-order valence-corrected chi connectivity index (χ0v) is 11.3. The molecule has 4 nitrogen and oxygen atoms in total. The Hall–Kier alpha value is -2.23. The zero-order valence-electron chi connectivity index (χ0n) is 11.3. The van der Waals surface area contributed by atoms with Gasteiger partial charge in [0.2, 0.25) is 5.91 Å². The number of amides is 1. The Morgan fingerprint density at radius 2 is 2.21 bits per heavy atom. The monoisotopic (exact) mass is 261 g/mol. The second kappa shape index (κ2) is 7.97. The molecule has 0 aliphatic rings. The molecule has 0 aliphatic carbocycles. The zero-order chi connectivity index (χ0) is 14.1. The Morgan fingerprint density at radius 3 is 2.84 bits per heavy atom. The predicted octanol–water partition coefficient (Wildman–Crippen LogP) is 2.41. The van der Waals surface area contributed by atoms with Gasteiger partial charge < -0.3 is 14.8 Å². The SMILES string of the molecule is C=CCNC(=O)C=Cc1ccc(OCC)c(OC)c1. The minimum absolute atomic E-state index is 0.159. The van der Waals surface area contributed by atoms with Crippen LogP contribution in [0.5, 0.6) is 11.5 Å². The summed E-state index contributed by atoms with van der Waals surface area (Å²) in [7, 11) is 1.59. The first-order chi connectivity index (χ1) is 9.21. The van der Waals surface area contributed by atoms with Crippen molar-refractivity contribution in [2.24, 2.45) is 0 Å². The van der Waals surface area contributed by atoms with Crippen molar-refractivity contribution in [1.29, 1.82) is 0 Å². The van der Waals surface area contributed by atoms with Gasteiger partial charge in [-0.25, -0.2) is 0 Å². The first kappa shape index (κ1) is 14.8. The summed E-state index contributed by atoms with van der Waals surface area (Å²) in [5.41, 5.74) is 0.869. The van der Waals surface area contributed by atoms with E-state index in [0.717, 1.165) is 5.56 Å². The maximum atomic E-state index is 11.4. The maximum Gasteiger partial charge on any atom is 0.244 e. The number of carbonyl (C=O) groups excluding carboxylic acids is 1. The number of carbonyl (C=O) groups is 1. The van der Waals surface area contributed by atoms with Gasteiger partial charge in [-0.05, 0) is 30.7 Å². The van der Waals surface area contributed by atoms with Gasteiger partial charge in [0.15, 0.2) is 11.5 Å². The van der Waals surface area contributed by atoms with E-state index in [9.17, 15) is 4.79 Å². The van der Waals surface area contributed by atoms with Crippen LogP contribution in [0.2, 0.25) is 0 Å². The second-order valence-corrected chi connectivity index (χ2v) is 3.71. The third kappa shape index (κ3) is 4.87. The molecular formula is C15H19NO3. The lowest BCUT2D eigenvalue weighted by molar-refractivity contribution is -0.116. The fourth-order valence-electron chi connectivity index (χ4n) is 1.47. The smallest absolute Gasteiger partial charge is 0.244 e. The number of methoxy groups -OCH3 is 1. The van der Waals surface area contributed by atoms with E-state index in [0.29, 0.717) is 24.7 Å². The van der Waals surface area contributed by atoms with E-state index in [2.05, 4.69) is 11.9 Å². The summed E-state index contributed by atoms with van der Waals surface area (Å²) in [6.07, 6.45) is 4.82. The Labute approximate surface area is 113 Å². The lowest BCUT2D eigenvalue weighted by Gasteiger charge is -2.09. The Kier molecular flexibility index (Phi) is 6.22. The van der Waals surface area contributed by atoms with Crippen molar-refractivity contribution in [1.82, 2.24) is 5.32 Å². The van der Waals surface area contributed by atoms with Crippen LogP contribution >= 0.6 is 0 Å². The predicted molar refractivity (Wildman–Crippen MR) is 76.4 cm³/mol. The molecule has 0 bridgehead atoms. The van der Waals surface area contributed by atoms with Gasteiger partial charge in [-0.2, -0.15) is 0 Å². The molecule has 1 aromatic rings. The normalized spacial score (nSPS) is 10.2. The van der Waals surface area contributed by atoms with Crippen LogP contribution in [0.4, 0.5) is 0 Å². The minimum Gasteiger partial charge on any atom is -0.493 e. The largest absolute Gasteiger partial charge is 0.493 e. The molecule has 1 amide bonds. The molecule has 0 atom stereocenters. The van der Waals surface area contributed by atoms with E-state index < -0.39 is 0 Å². The highest BCUT2D eigenvalue weighted by Gasteiger charge is 2.03. The van der Waals surface area contributed by atoms with E-state index in [1.807, 2.05) is 25.1 Å². The highest BCUT2D eigenvalue weighted by molar-refractivity contribution is 5.91. The molecule has 1 N–H and O–H groups in total. The van der Waals surface area contributed by atoms with Crippen molar-refractivity contribution in [2.75, 3.05) is 20.3 Å². The Balaban J connectivity index is 2.76. The molecule has 19 heavy (non-hydrogen) atoms. The third-order valence-corrected chi connectivity index (χ3v) is 2.34. The molecule has 0 radical (unpaired) electrons. The van der Waals surface area contributed by atoms with Crippen LogP contribution in [0.1, 0.15) is 12.5 Å². The van der Waals surface area contributed by atoms with E-state index in [1.165, 1.54) is 6.08 Å². The highest BCUT2D eigenvalue weighted by Crippen LogP contribution is 2.28. The fourth-order valence-corrected chi connectivity index (χ4v) is 1.47. The molecule has 0 aliphatic heterocycles. The van der Waals surface area contributed by atoms with Crippen molar-refractivity contribution in [3.05, 3.63) is 42.5 Å². The molecular weight excluding hydrogens is 242 g/mol. The number of ether oxygens (including phenoxy) is 2. The van der Waals surface area contributed by atoms with Gasteiger partial charge in [0.05, 0.1) is 13.7 Å². The number of benzene rings is 1. The van der Waals surface area contributed by atoms with Gasteiger partial charge in [-0.15, -0.1) is 6.58 Å². The Morgan fingerprint density at radius 1 is 1.42 bits per heavy atom. The van der Waals surface area contributed by atoms with Crippen LogP contribution in [0.25, 0.3) is 6.08 Å². The summed E-state index contributed by atoms with van der Waals surface area (Å²) in [4.78, 5) is 11.4. The summed E-state index contributed by atoms with van der Waals surface area (Å²) in [6, 6.07) is 5.51. The first-order valence-corrected chi connectivity index (χ1v) is 6.09. The van der Waals surface area contributed by atoms with Crippen LogP contribution < -0.4 is 14.8 Å². The molecule has 102 valence electrons. The van der Waals surface area contributed by atoms with Crippen LogP contribution in [-0.4, -0.2) is 26.2 Å². The highest BCUT2D eigenvalue weighted by atomic mass is 16.5. The molecule has 0 aromatic heterocycles. The van der Waals surface area contributed by atoms with Gasteiger partial charge in [0, 0.05) is 12.6 Å². The average molecular weight is 261 g/mol. The lowest BCUT2D eigenvalue weighted by atomic mass is 10.2. The van der Waals surface area contributed by atoms with Crippen LogP contribution in [0.15, 0.2) is 36.9 Å². The maximum absolute atomic E-state index is 11.4. The molecule has 1 rings (SSSR count). The van der Waals surface area contributed by atoms with E-state index in [-0.39, 0.29) is 5.91 Å². The third-order valence-electron chi connectivity index (χ3n) is 2.34. The first-order valence-electron chi connectivity index (χ1n) is 6.09. The van der Waals surface area contributed by atoms with Crippen LogP contribution in [0.3, 0.4) is 0 Å². The summed E-state index contributed by atoms with van der Waals surface area (Å²) in [6.45, 7) is 6.48. The van der Waals surface area contributed by atoms with Crippen molar-refractivity contribution in [3.8, 4) is 11.5 Å². The van der Waals surface area contributed by atoms with Crippen LogP contribution in [-0.2, 0) is 4.79 Å². The van der Waals surface area contributed by atoms with Gasteiger partial charge in [-0.1, -0.05) is 12.1 Å². The van der Waals surface area contributed by atoms with Crippen molar-refractivity contribution >= 4 is 12.0 Å². The molecule has 0 spiro atoms. The second-order valence-electron chi connectivity index (χ2n) is 3.71. The number of rotatable bonds is 7. The Bertz CT molecular complexity index is 466. The van der Waals surface area contributed by atoms with Gasteiger partial charge in [-0.3, -0.25) is 4.79 Å². The fraction of sp³-hybridized carbons (Fsp3) is 0.267. The van der Waals surface area contributed by atoms with E-state index in [1.54, 1.807) is 19.3 Å². The summed E-state index contributed by atoms with van der Waals surface area (Å²) < 4.78 is 10.7. The summed E-state index contributed by atoms with van der Waals surface area (Å²) >= 11 is 0. The molecule has 0 fully saturated rings. The average Bonchev–Trinajstić information content (AvgIpc) is 2.44. The summed E-state index contributed by atoms with van der Waals surface area (Å²) in [5, 5.41) is 2.66. The molecule has 0 saturated carbocycles. The molecule has 0 unspecified atom stereocenters. The minimum atomic E-state index is -0.159. The van der Waals surface area contributed by atoms with Crippen molar-refractivity contribution in [2.45, 2.75) is 6.92 Å². The number of nitrogens with one attached hydrogen (secondary N) is 1. The molecule has 1 aromatic carbocycles.